The minimum absolute atomic E-state index is 0.0371. The van der Waals surface area contributed by atoms with Crippen molar-refractivity contribution < 1.29 is 38.3 Å². The highest BCUT2D eigenvalue weighted by atomic mass is 19.1. The Balaban J connectivity index is 0.976. The molecule has 1 saturated heterocycles. The lowest BCUT2D eigenvalue weighted by Crippen LogP contribution is -2.64. The van der Waals surface area contributed by atoms with E-state index >= 15 is 0 Å². The second-order valence-electron chi connectivity index (χ2n) is 17.3. The van der Waals surface area contributed by atoms with Crippen molar-refractivity contribution in [1.29, 1.82) is 0 Å². The van der Waals surface area contributed by atoms with E-state index in [-0.39, 0.29) is 79.3 Å². The number of amides is 6. The van der Waals surface area contributed by atoms with Crippen LogP contribution in [0.25, 0.3) is 0 Å². The standard InChI is InChI=1S/C50H57FN6O7/c1-2-3-4-11-26-52-49(63)50(64,56-44(58)25-18-32-16-23-37(51)24-17-32)31-53-45(59)35-19-21-36(22-20-35)48(62)57-29-40(46(60)54-42-27-38(42)33-12-7-5-8-13-33)41(30-57)47(61)55-43-28-39(43)34-14-9-6-10-15-34/h5-10,12-17,19-24,38-43,64H,2-4,11,18,25-31H2,1H3,(H,52,63)(H,53,59)(H,54,60)(H,55,61)(H,56,58)/t38-,39-,40-,41-,42+,43+,50+/m1/s1. The van der Waals surface area contributed by atoms with Gasteiger partial charge in [-0.2, -0.15) is 0 Å². The summed E-state index contributed by atoms with van der Waals surface area (Å²) < 4.78 is 13.4. The molecule has 0 spiro atoms. The normalized spacial score (nSPS) is 21.8. The fourth-order valence-corrected chi connectivity index (χ4v) is 8.47. The van der Waals surface area contributed by atoms with Gasteiger partial charge in [-0.1, -0.05) is 99.0 Å². The number of nitrogens with one attached hydrogen (secondary N) is 5. The smallest absolute Gasteiger partial charge is 0.275 e. The minimum atomic E-state index is -2.48. The summed E-state index contributed by atoms with van der Waals surface area (Å²) in [7, 11) is 0. The summed E-state index contributed by atoms with van der Waals surface area (Å²) in [6, 6.07) is 31.2. The predicted octanol–water partition coefficient (Wildman–Crippen LogP) is 4.72. The highest BCUT2D eigenvalue weighted by Crippen LogP contribution is 2.42. The van der Waals surface area contributed by atoms with Gasteiger partial charge >= 0.3 is 0 Å². The van der Waals surface area contributed by atoms with Crippen LogP contribution in [0.2, 0.25) is 0 Å². The van der Waals surface area contributed by atoms with Crippen molar-refractivity contribution in [2.24, 2.45) is 11.8 Å². The largest absolute Gasteiger partial charge is 0.362 e. The Morgan fingerprint density at radius 2 is 1.23 bits per heavy atom. The summed E-state index contributed by atoms with van der Waals surface area (Å²) in [6.07, 6.45) is 5.19. The highest BCUT2D eigenvalue weighted by Gasteiger charge is 2.49. The van der Waals surface area contributed by atoms with Crippen LogP contribution in [0.4, 0.5) is 4.39 Å². The molecule has 6 N–H and O–H groups in total. The number of likely N-dealkylation sites (tertiary alicyclic amines) is 1. The second-order valence-corrected chi connectivity index (χ2v) is 17.3. The van der Waals surface area contributed by atoms with Gasteiger partial charge in [-0.15, -0.1) is 0 Å². The first-order valence-electron chi connectivity index (χ1n) is 22.4. The first-order valence-corrected chi connectivity index (χ1v) is 22.4. The zero-order valence-corrected chi connectivity index (χ0v) is 36.1. The molecule has 4 aromatic rings. The lowest BCUT2D eigenvalue weighted by Gasteiger charge is -2.28. The van der Waals surface area contributed by atoms with E-state index in [9.17, 15) is 38.3 Å². The zero-order chi connectivity index (χ0) is 45.2. The predicted molar refractivity (Wildman–Crippen MR) is 238 cm³/mol. The van der Waals surface area contributed by atoms with E-state index in [1.54, 1.807) is 12.1 Å². The lowest BCUT2D eigenvalue weighted by molar-refractivity contribution is -0.148. The van der Waals surface area contributed by atoms with Gasteiger partial charge in [0.25, 0.3) is 17.7 Å². The SMILES string of the molecule is CCCCCCNC(=O)[C@@](O)(CNC(=O)c1ccc(C(=O)N2C[C@@H](C(=O)N[C@H]3C[C@@H]3c3ccccc3)[C@H](C(=O)N[C@H]3C[C@@H]3c3ccccc3)C2)cc1)NC(=O)CCc1ccc(F)cc1. The number of carbonyl (C=O) groups excluding carboxylic acids is 6. The molecule has 2 aliphatic carbocycles. The van der Waals surface area contributed by atoms with E-state index in [0.29, 0.717) is 12.0 Å². The van der Waals surface area contributed by atoms with E-state index < -0.39 is 53.6 Å². The summed E-state index contributed by atoms with van der Waals surface area (Å²) in [4.78, 5) is 82.8. The van der Waals surface area contributed by atoms with Gasteiger partial charge in [0, 0.05) is 61.1 Å². The molecule has 1 aliphatic heterocycles. The molecule has 7 atom stereocenters. The topological polar surface area (TPSA) is 186 Å². The fourth-order valence-electron chi connectivity index (χ4n) is 8.47. The van der Waals surface area contributed by atoms with E-state index in [1.807, 2.05) is 60.7 Å². The lowest BCUT2D eigenvalue weighted by atomic mass is 9.94. The Labute approximate surface area is 373 Å². The molecule has 7 rings (SSSR count). The molecular weight excluding hydrogens is 816 g/mol. The quantitative estimate of drug-likeness (QED) is 0.0548. The third kappa shape index (κ3) is 11.8. The van der Waals surface area contributed by atoms with Gasteiger partial charge in [0.1, 0.15) is 5.82 Å². The molecule has 3 aliphatic rings. The van der Waals surface area contributed by atoms with Gasteiger partial charge in [-0.25, -0.2) is 4.39 Å². The number of benzene rings is 4. The first kappa shape index (κ1) is 45.6. The number of hydrogen-bond acceptors (Lipinski definition) is 7. The number of aryl methyl sites for hydroxylation is 1. The molecule has 0 unspecified atom stereocenters. The Kier molecular flexibility index (Phi) is 14.9. The van der Waals surface area contributed by atoms with E-state index in [4.69, 9.17) is 0 Å². The summed E-state index contributed by atoms with van der Waals surface area (Å²) >= 11 is 0. The fraction of sp³-hybridized carbons (Fsp3) is 0.400. The van der Waals surface area contributed by atoms with Crippen LogP contribution in [0.3, 0.4) is 0 Å². The highest BCUT2D eigenvalue weighted by molar-refractivity contribution is 5.99. The van der Waals surface area contributed by atoms with Crippen LogP contribution < -0.4 is 26.6 Å². The maximum atomic E-state index is 14.0. The number of carbonyl (C=O) groups is 6. The van der Waals surface area contributed by atoms with Crippen LogP contribution in [0.15, 0.2) is 109 Å². The number of hydrogen-bond donors (Lipinski definition) is 6. The van der Waals surface area contributed by atoms with Gasteiger partial charge in [-0.05, 0) is 78.8 Å². The van der Waals surface area contributed by atoms with Crippen molar-refractivity contribution in [2.75, 3.05) is 26.2 Å². The number of aliphatic hydroxyl groups is 1. The average Bonchev–Trinajstić information content (AvgIpc) is 4.22. The Hall–Kier alpha value is -6.41. The summed E-state index contributed by atoms with van der Waals surface area (Å²) in [5.41, 5.74) is 0.835. The van der Waals surface area contributed by atoms with Gasteiger partial charge < -0.3 is 36.6 Å². The van der Waals surface area contributed by atoms with Crippen LogP contribution in [-0.2, 0) is 25.6 Å². The summed E-state index contributed by atoms with van der Waals surface area (Å²) in [5, 5.41) is 25.3. The number of unbranched alkanes of at least 4 members (excludes halogenated alkanes) is 3. The molecule has 2 saturated carbocycles. The number of rotatable bonds is 20. The number of halogens is 1. The van der Waals surface area contributed by atoms with E-state index in [2.05, 4.69) is 33.5 Å². The summed E-state index contributed by atoms with van der Waals surface area (Å²) in [5.74, 6) is -4.73. The van der Waals surface area contributed by atoms with Gasteiger partial charge in [0.15, 0.2) is 0 Å². The monoisotopic (exact) mass is 872 g/mol. The Bertz CT molecular complexity index is 2200. The molecule has 13 nitrogen and oxygen atoms in total. The van der Waals surface area contributed by atoms with Crippen molar-refractivity contribution in [3.05, 3.63) is 143 Å². The molecule has 64 heavy (non-hydrogen) atoms. The van der Waals surface area contributed by atoms with Crippen molar-refractivity contribution in [3.63, 3.8) is 0 Å². The zero-order valence-electron chi connectivity index (χ0n) is 36.1. The summed E-state index contributed by atoms with van der Waals surface area (Å²) in [6.45, 7) is 1.73. The average molecular weight is 873 g/mol. The number of nitrogens with zero attached hydrogens (tertiary/aromatic N) is 1. The van der Waals surface area contributed by atoms with E-state index in [1.165, 1.54) is 41.3 Å². The van der Waals surface area contributed by atoms with E-state index in [0.717, 1.165) is 43.2 Å². The van der Waals surface area contributed by atoms with Gasteiger partial charge in [-0.3, -0.25) is 28.8 Å². The van der Waals surface area contributed by atoms with Crippen LogP contribution in [0.5, 0.6) is 0 Å². The molecule has 3 fully saturated rings. The van der Waals surface area contributed by atoms with Crippen LogP contribution in [-0.4, -0.2) is 89.4 Å². The van der Waals surface area contributed by atoms with Crippen LogP contribution in [0.1, 0.15) is 101 Å². The van der Waals surface area contributed by atoms with Crippen molar-refractivity contribution in [1.82, 2.24) is 31.5 Å². The van der Waals surface area contributed by atoms with Crippen molar-refractivity contribution in [2.45, 2.75) is 87.9 Å². The molecule has 4 aromatic carbocycles. The molecule has 1 heterocycles. The maximum Gasteiger partial charge on any atom is 0.275 e. The van der Waals surface area contributed by atoms with Crippen LogP contribution in [0, 0.1) is 17.7 Å². The van der Waals surface area contributed by atoms with Crippen LogP contribution >= 0.6 is 0 Å². The molecule has 0 aromatic heterocycles. The molecule has 0 bridgehead atoms. The molecular formula is C50H57FN6O7. The third-order valence-corrected chi connectivity index (χ3v) is 12.5. The molecule has 6 amide bonds. The molecule has 14 heteroatoms. The second kappa shape index (κ2) is 20.8. The Morgan fingerprint density at radius 1 is 0.688 bits per heavy atom. The van der Waals surface area contributed by atoms with Gasteiger partial charge in [0.05, 0.1) is 18.4 Å². The van der Waals surface area contributed by atoms with Gasteiger partial charge in [0.2, 0.25) is 23.4 Å². The maximum absolute atomic E-state index is 14.0. The van der Waals surface area contributed by atoms with Crippen molar-refractivity contribution >= 4 is 35.4 Å². The van der Waals surface area contributed by atoms with Crippen molar-refractivity contribution in [3.8, 4) is 0 Å². The first-order chi connectivity index (χ1) is 30.9. The Morgan fingerprint density at radius 3 is 1.78 bits per heavy atom. The minimum Gasteiger partial charge on any atom is -0.362 e. The molecule has 336 valence electrons. The third-order valence-electron chi connectivity index (χ3n) is 12.5. The molecule has 0 radical (unpaired) electrons.